The van der Waals surface area contributed by atoms with Crippen LogP contribution >= 0.6 is 11.8 Å². The molecule has 0 saturated carbocycles. The molecule has 0 bridgehead atoms. The molecule has 0 aliphatic carbocycles. The Morgan fingerprint density at radius 2 is 1.71 bits per heavy atom. The second-order valence-electron chi connectivity index (χ2n) is 7.57. The Morgan fingerprint density at radius 3 is 2.41 bits per heavy atom. The molecule has 0 fully saturated rings. The number of benzene rings is 3. The maximum absolute atomic E-state index is 14.0. The number of hydrogen-bond acceptors (Lipinski definition) is 6. The number of rotatable bonds is 9. The van der Waals surface area contributed by atoms with Crippen molar-refractivity contribution < 1.29 is 13.9 Å². The van der Waals surface area contributed by atoms with E-state index in [0.717, 1.165) is 17.1 Å². The lowest BCUT2D eigenvalue weighted by Gasteiger charge is -2.13. The first-order chi connectivity index (χ1) is 16.5. The topological polar surface area (TPSA) is 72.3 Å². The van der Waals surface area contributed by atoms with Gasteiger partial charge in [0.15, 0.2) is 22.5 Å². The van der Waals surface area contributed by atoms with Crippen molar-refractivity contribution in [1.82, 2.24) is 14.8 Å². The van der Waals surface area contributed by atoms with E-state index >= 15 is 0 Å². The highest BCUT2D eigenvalue weighted by molar-refractivity contribution is 7.99. The summed E-state index contributed by atoms with van der Waals surface area (Å²) in [5, 5.41) is 11.9. The molecule has 174 valence electrons. The molecule has 1 N–H and O–H groups in total. The Balaban J connectivity index is 1.46. The van der Waals surface area contributed by atoms with E-state index in [2.05, 4.69) is 15.5 Å². The maximum atomic E-state index is 14.0. The number of nitrogens with zero attached hydrogens (tertiary/aromatic N) is 4. The highest BCUT2D eigenvalue weighted by Gasteiger charge is 2.17. The summed E-state index contributed by atoms with van der Waals surface area (Å²) >= 11 is 1.26. The number of amides is 1. The van der Waals surface area contributed by atoms with Crippen LogP contribution in [0.4, 0.5) is 15.8 Å². The van der Waals surface area contributed by atoms with Gasteiger partial charge in [-0.2, -0.15) is 0 Å². The Bertz CT molecular complexity index is 1250. The molecule has 34 heavy (non-hydrogen) atoms. The Kier molecular flexibility index (Phi) is 7.44. The molecule has 4 aromatic rings. The van der Waals surface area contributed by atoms with Crippen molar-refractivity contribution in [3.05, 3.63) is 90.5 Å². The number of carbonyl (C=O) groups excluding carboxylic acids is 1. The normalized spacial score (nSPS) is 10.7. The minimum absolute atomic E-state index is 0.0216. The van der Waals surface area contributed by atoms with Gasteiger partial charge in [-0.15, -0.1) is 10.2 Å². The lowest BCUT2D eigenvalue weighted by Crippen LogP contribution is -2.15. The summed E-state index contributed by atoms with van der Waals surface area (Å²) in [7, 11) is 3.92. The second-order valence-corrected chi connectivity index (χ2v) is 8.51. The van der Waals surface area contributed by atoms with E-state index in [1.54, 1.807) is 18.2 Å². The number of aromatic nitrogens is 3. The summed E-state index contributed by atoms with van der Waals surface area (Å²) in [6, 6.07) is 23.3. The van der Waals surface area contributed by atoms with Crippen molar-refractivity contribution in [3.8, 4) is 11.4 Å². The van der Waals surface area contributed by atoms with Gasteiger partial charge in [-0.25, -0.2) is 4.39 Å². The predicted octanol–water partition coefficient (Wildman–Crippen LogP) is 4.78. The summed E-state index contributed by atoms with van der Waals surface area (Å²) in [5.41, 5.74) is 2.59. The van der Waals surface area contributed by atoms with Crippen LogP contribution in [0.1, 0.15) is 5.82 Å². The van der Waals surface area contributed by atoms with E-state index in [1.807, 2.05) is 78.2 Å². The van der Waals surface area contributed by atoms with Gasteiger partial charge in [-0.3, -0.25) is 9.36 Å². The predicted molar refractivity (Wildman–Crippen MR) is 132 cm³/mol. The van der Waals surface area contributed by atoms with Gasteiger partial charge >= 0.3 is 0 Å². The van der Waals surface area contributed by atoms with Crippen LogP contribution in [-0.4, -0.2) is 40.5 Å². The average molecular weight is 478 g/mol. The fraction of sp³-hybridized carbons (Fsp3) is 0.160. The molecule has 3 aromatic carbocycles. The van der Waals surface area contributed by atoms with Crippen LogP contribution < -0.4 is 15.0 Å². The van der Waals surface area contributed by atoms with Crippen molar-refractivity contribution >= 4 is 29.0 Å². The lowest BCUT2D eigenvalue weighted by molar-refractivity contribution is -0.113. The van der Waals surface area contributed by atoms with Gasteiger partial charge in [0.1, 0.15) is 6.61 Å². The van der Waals surface area contributed by atoms with Gasteiger partial charge in [-0.05, 0) is 48.5 Å². The van der Waals surface area contributed by atoms with E-state index in [-0.39, 0.29) is 24.0 Å². The Hall–Kier alpha value is -3.85. The molecule has 0 atom stereocenters. The number of ether oxygens (including phenoxy) is 1. The van der Waals surface area contributed by atoms with Crippen LogP contribution in [0.25, 0.3) is 5.69 Å². The average Bonchev–Trinajstić information content (AvgIpc) is 3.26. The molecule has 0 spiro atoms. The Morgan fingerprint density at radius 1 is 1.00 bits per heavy atom. The molecule has 4 rings (SSSR count). The second kappa shape index (κ2) is 10.8. The quantitative estimate of drug-likeness (QED) is 0.350. The number of nitrogens with one attached hydrogen (secondary N) is 1. The van der Waals surface area contributed by atoms with Crippen molar-refractivity contribution in [2.75, 3.05) is 30.1 Å². The van der Waals surface area contributed by atoms with Gasteiger partial charge in [0, 0.05) is 31.2 Å². The van der Waals surface area contributed by atoms with Crippen molar-refractivity contribution in [1.29, 1.82) is 0 Å². The minimum Gasteiger partial charge on any atom is -0.483 e. The van der Waals surface area contributed by atoms with E-state index in [0.29, 0.717) is 11.0 Å². The molecule has 0 aliphatic heterocycles. The van der Waals surface area contributed by atoms with Gasteiger partial charge in [0.2, 0.25) is 5.91 Å². The molecule has 1 heterocycles. The van der Waals surface area contributed by atoms with E-state index in [1.165, 1.54) is 17.8 Å². The van der Waals surface area contributed by atoms with Crippen molar-refractivity contribution in [3.63, 3.8) is 0 Å². The molecule has 1 aromatic heterocycles. The monoisotopic (exact) mass is 477 g/mol. The first-order valence-electron chi connectivity index (χ1n) is 10.6. The maximum Gasteiger partial charge on any atom is 0.234 e. The van der Waals surface area contributed by atoms with Crippen LogP contribution in [0, 0.1) is 5.82 Å². The highest BCUT2D eigenvalue weighted by Crippen LogP contribution is 2.24. The standard InChI is InChI=1S/C25H24FN5O2S/c1-30(2)19-14-12-18(13-15-19)27-24(32)17-34-25-29-28-23(31(25)20-8-4-3-5-9-20)16-33-22-11-7-6-10-21(22)26/h3-15H,16-17H2,1-2H3,(H,27,32). The van der Waals surface area contributed by atoms with Gasteiger partial charge in [-0.1, -0.05) is 42.1 Å². The number of hydrogen-bond donors (Lipinski definition) is 1. The van der Waals surface area contributed by atoms with E-state index < -0.39 is 5.82 Å². The molecule has 0 unspecified atom stereocenters. The van der Waals surface area contributed by atoms with E-state index in [4.69, 9.17) is 4.74 Å². The SMILES string of the molecule is CN(C)c1ccc(NC(=O)CSc2nnc(COc3ccccc3F)n2-c2ccccc2)cc1. The summed E-state index contributed by atoms with van der Waals surface area (Å²) in [6.07, 6.45) is 0. The summed E-state index contributed by atoms with van der Waals surface area (Å²) in [5.74, 6) is 0.178. The Labute approximate surface area is 201 Å². The molecule has 9 heteroatoms. The van der Waals surface area contributed by atoms with Gasteiger partial charge < -0.3 is 15.0 Å². The van der Waals surface area contributed by atoms with Crippen LogP contribution in [-0.2, 0) is 11.4 Å². The van der Waals surface area contributed by atoms with Crippen LogP contribution in [0.3, 0.4) is 0 Å². The highest BCUT2D eigenvalue weighted by atomic mass is 32.2. The van der Waals surface area contributed by atoms with Gasteiger partial charge in [0.05, 0.1) is 5.75 Å². The molecule has 0 aliphatic rings. The molecule has 7 nitrogen and oxygen atoms in total. The molecule has 0 radical (unpaired) electrons. The third-order valence-corrected chi connectivity index (χ3v) is 5.84. The van der Waals surface area contributed by atoms with Crippen molar-refractivity contribution in [2.45, 2.75) is 11.8 Å². The van der Waals surface area contributed by atoms with Crippen LogP contribution in [0.2, 0.25) is 0 Å². The number of para-hydroxylation sites is 2. The number of carbonyl (C=O) groups is 1. The largest absolute Gasteiger partial charge is 0.483 e. The third-order valence-electron chi connectivity index (χ3n) is 4.91. The summed E-state index contributed by atoms with van der Waals surface area (Å²) < 4.78 is 21.4. The van der Waals surface area contributed by atoms with Crippen molar-refractivity contribution in [2.24, 2.45) is 0 Å². The number of thioether (sulfide) groups is 1. The van der Waals surface area contributed by atoms with Crippen LogP contribution in [0.5, 0.6) is 5.75 Å². The molecular formula is C25H24FN5O2S. The minimum atomic E-state index is -0.446. The number of anilines is 2. The van der Waals surface area contributed by atoms with E-state index in [9.17, 15) is 9.18 Å². The molecule has 0 saturated heterocycles. The molecular weight excluding hydrogens is 453 g/mol. The fourth-order valence-electron chi connectivity index (χ4n) is 3.20. The third kappa shape index (κ3) is 5.74. The lowest BCUT2D eigenvalue weighted by atomic mass is 10.2. The smallest absolute Gasteiger partial charge is 0.234 e. The fourth-order valence-corrected chi connectivity index (χ4v) is 3.97. The first-order valence-corrected chi connectivity index (χ1v) is 11.6. The van der Waals surface area contributed by atoms with Crippen LogP contribution in [0.15, 0.2) is 84.0 Å². The zero-order chi connectivity index (χ0) is 23.9. The number of halogens is 1. The van der Waals surface area contributed by atoms with Gasteiger partial charge in [0.25, 0.3) is 0 Å². The summed E-state index contributed by atoms with van der Waals surface area (Å²) in [6.45, 7) is 0.0216. The zero-order valence-electron chi connectivity index (χ0n) is 18.8. The zero-order valence-corrected chi connectivity index (χ0v) is 19.6. The first kappa shape index (κ1) is 23.3. The summed E-state index contributed by atoms with van der Waals surface area (Å²) in [4.78, 5) is 14.5. The molecule has 1 amide bonds.